The molecule has 2 saturated heterocycles. The van der Waals surface area contributed by atoms with Gasteiger partial charge in [-0.1, -0.05) is 12.8 Å². The van der Waals surface area contributed by atoms with Crippen LogP contribution in [0.4, 0.5) is 0 Å². The summed E-state index contributed by atoms with van der Waals surface area (Å²) in [6.45, 7) is 3.38. The first-order valence-corrected chi connectivity index (χ1v) is 9.41. The van der Waals surface area contributed by atoms with Crippen LogP contribution in [0.5, 0.6) is 0 Å². The van der Waals surface area contributed by atoms with Crippen LogP contribution in [-0.2, 0) is 4.74 Å². The topological polar surface area (TPSA) is 21.3 Å². The molecule has 0 bridgehead atoms. The second-order valence-corrected chi connectivity index (χ2v) is 8.06. The normalized spacial score (nSPS) is 33.6. The predicted molar refractivity (Wildman–Crippen MR) is 82.8 cm³/mol. The van der Waals surface area contributed by atoms with Crippen LogP contribution in [0.2, 0.25) is 0 Å². The summed E-state index contributed by atoms with van der Waals surface area (Å²) in [5.41, 5.74) is 0.233. The molecule has 0 aromatic rings. The summed E-state index contributed by atoms with van der Waals surface area (Å²) >= 11 is 2.10. The first-order valence-electron chi connectivity index (χ1n) is 8.25. The maximum absolute atomic E-state index is 6.19. The number of nitrogens with one attached hydrogen (secondary N) is 1. The van der Waals surface area contributed by atoms with Gasteiger partial charge >= 0.3 is 0 Å². The van der Waals surface area contributed by atoms with Crippen LogP contribution >= 0.6 is 11.8 Å². The van der Waals surface area contributed by atoms with Crippen molar-refractivity contribution in [3.8, 4) is 0 Å². The third kappa shape index (κ3) is 3.48. The molecular weight excluding hydrogens is 254 g/mol. The minimum absolute atomic E-state index is 0.233. The van der Waals surface area contributed by atoms with Gasteiger partial charge in [0.1, 0.15) is 0 Å². The van der Waals surface area contributed by atoms with Gasteiger partial charge in [-0.2, -0.15) is 11.8 Å². The number of ether oxygens (including phenoxy) is 1. The molecule has 3 fully saturated rings. The standard InChI is InChI=1S/C16H29NOS/c1-13(14-4-2-3-5-14)17-15-6-9-18-16(12-15)7-10-19-11-8-16/h13-15,17H,2-12H2,1H3/t13-,15?/m1/s1. The van der Waals surface area contributed by atoms with Crippen LogP contribution in [0, 0.1) is 5.92 Å². The Kier molecular flexibility index (Phi) is 4.76. The third-order valence-electron chi connectivity index (χ3n) is 5.50. The van der Waals surface area contributed by atoms with Crippen molar-refractivity contribution in [1.82, 2.24) is 5.32 Å². The van der Waals surface area contributed by atoms with E-state index in [2.05, 4.69) is 24.0 Å². The molecule has 1 saturated carbocycles. The molecule has 0 radical (unpaired) electrons. The van der Waals surface area contributed by atoms with Gasteiger partial charge in [0.15, 0.2) is 0 Å². The summed E-state index contributed by atoms with van der Waals surface area (Å²) in [5.74, 6) is 3.52. The average Bonchev–Trinajstić information content (AvgIpc) is 2.93. The van der Waals surface area contributed by atoms with E-state index in [9.17, 15) is 0 Å². The fourth-order valence-electron chi connectivity index (χ4n) is 4.23. The van der Waals surface area contributed by atoms with E-state index >= 15 is 0 Å². The summed E-state index contributed by atoms with van der Waals surface area (Å²) in [5, 5.41) is 3.95. The molecule has 2 aliphatic heterocycles. The Labute approximate surface area is 122 Å². The summed E-state index contributed by atoms with van der Waals surface area (Å²) in [7, 11) is 0. The molecule has 0 amide bonds. The zero-order valence-electron chi connectivity index (χ0n) is 12.3. The smallest absolute Gasteiger partial charge is 0.0713 e. The van der Waals surface area contributed by atoms with E-state index < -0.39 is 0 Å². The summed E-state index contributed by atoms with van der Waals surface area (Å²) in [4.78, 5) is 0. The predicted octanol–water partition coefficient (Wildman–Crippen LogP) is 3.60. The first kappa shape index (κ1) is 14.2. The van der Waals surface area contributed by atoms with Crippen molar-refractivity contribution in [3.63, 3.8) is 0 Å². The van der Waals surface area contributed by atoms with Crippen molar-refractivity contribution in [2.75, 3.05) is 18.1 Å². The lowest BCUT2D eigenvalue weighted by molar-refractivity contribution is -0.0945. The van der Waals surface area contributed by atoms with Crippen molar-refractivity contribution >= 4 is 11.8 Å². The van der Waals surface area contributed by atoms with E-state index in [4.69, 9.17) is 4.74 Å². The number of thioether (sulfide) groups is 1. The molecular formula is C16H29NOS. The number of hydrogen-bond donors (Lipinski definition) is 1. The minimum Gasteiger partial charge on any atom is -0.375 e. The summed E-state index contributed by atoms with van der Waals surface area (Å²) in [6.07, 6.45) is 10.8. The lowest BCUT2D eigenvalue weighted by atomic mass is 9.84. The average molecular weight is 283 g/mol. The quantitative estimate of drug-likeness (QED) is 0.855. The molecule has 2 atom stereocenters. The Hall–Kier alpha value is 0.270. The van der Waals surface area contributed by atoms with E-state index in [1.807, 2.05) is 0 Å². The van der Waals surface area contributed by atoms with E-state index in [0.717, 1.165) is 12.5 Å². The van der Waals surface area contributed by atoms with Crippen molar-refractivity contribution in [2.45, 2.75) is 76.0 Å². The molecule has 3 aliphatic rings. The molecule has 0 aromatic heterocycles. The van der Waals surface area contributed by atoms with Gasteiger partial charge in [0.05, 0.1) is 5.60 Å². The van der Waals surface area contributed by atoms with Crippen LogP contribution < -0.4 is 5.32 Å². The van der Waals surface area contributed by atoms with Crippen LogP contribution in [0.15, 0.2) is 0 Å². The molecule has 1 N–H and O–H groups in total. The first-order chi connectivity index (χ1) is 9.27. The highest BCUT2D eigenvalue weighted by molar-refractivity contribution is 7.99. The van der Waals surface area contributed by atoms with Crippen molar-refractivity contribution in [1.29, 1.82) is 0 Å². The maximum Gasteiger partial charge on any atom is 0.0713 e. The van der Waals surface area contributed by atoms with Crippen molar-refractivity contribution < 1.29 is 4.74 Å². The number of rotatable bonds is 3. The van der Waals surface area contributed by atoms with Crippen LogP contribution in [0.3, 0.4) is 0 Å². The molecule has 3 rings (SSSR count). The minimum atomic E-state index is 0.233. The second kappa shape index (κ2) is 6.36. The zero-order valence-corrected chi connectivity index (χ0v) is 13.1. The lowest BCUT2D eigenvalue weighted by Gasteiger charge is -2.44. The summed E-state index contributed by atoms with van der Waals surface area (Å²) in [6, 6.07) is 1.41. The lowest BCUT2D eigenvalue weighted by Crippen LogP contribution is -2.51. The van der Waals surface area contributed by atoms with Gasteiger partial charge in [-0.05, 0) is 62.9 Å². The molecule has 2 heterocycles. The van der Waals surface area contributed by atoms with Crippen LogP contribution in [0.25, 0.3) is 0 Å². The summed E-state index contributed by atoms with van der Waals surface area (Å²) < 4.78 is 6.19. The van der Waals surface area contributed by atoms with E-state index in [0.29, 0.717) is 12.1 Å². The Balaban J connectivity index is 1.52. The van der Waals surface area contributed by atoms with Gasteiger partial charge in [0.25, 0.3) is 0 Å². The van der Waals surface area contributed by atoms with Gasteiger partial charge in [0.2, 0.25) is 0 Å². The zero-order chi connectivity index (χ0) is 13.1. The molecule has 1 unspecified atom stereocenters. The highest BCUT2D eigenvalue weighted by atomic mass is 32.2. The fourth-order valence-corrected chi connectivity index (χ4v) is 5.46. The Morgan fingerprint density at radius 1 is 1.16 bits per heavy atom. The second-order valence-electron chi connectivity index (χ2n) is 6.83. The van der Waals surface area contributed by atoms with Crippen molar-refractivity contribution in [3.05, 3.63) is 0 Å². The van der Waals surface area contributed by atoms with Crippen LogP contribution in [-0.4, -0.2) is 35.8 Å². The Morgan fingerprint density at radius 2 is 1.89 bits per heavy atom. The molecule has 1 aliphatic carbocycles. The molecule has 3 heteroatoms. The van der Waals surface area contributed by atoms with Gasteiger partial charge < -0.3 is 10.1 Å². The molecule has 19 heavy (non-hydrogen) atoms. The SMILES string of the molecule is C[C@@H](NC1CCOC2(CCSCC2)C1)C1CCCC1. The molecule has 0 aromatic carbocycles. The maximum atomic E-state index is 6.19. The largest absolute Gasteiger partial charge is 0.375 e. The monoisotopic (exact) mass is 283 g/mol. The molecule has 1 spiro atoms. The van der Waals surface area contributed by atoms with Gasteiger partial charge in [-0.3, -0.25) is 0 Å². The molecule has 2 nitrogen and oxygen atoms in total. The Morgan fingerprint density at radius 3 is 2.63 bits per heavy atom. The highest BCUT2D eigenvalue weighted by Crippen LogP contribution is 2.38. The third-order valence-corrected chi connectivity index (χ3v) is 6.49. The van der Waals surface area contributed by atoms with E-state index in [1.165, 1.54) is 62.9 Å². The van der Waals surface area contributed by atoms with E-state index in [-0.39, 0.29) is 5.60 Å². The molecule has 110 valence electrons. The fraction of sp³-hybridized carbons (Fsp3) is 1.00. The van der Waals surface area contributed by atoms with Gasteiger partial charge in [-0.15, -0.1) is 0 Å². The van der Waals surface area contributed by atoms with Gasteiger partial charge in [0, 0.05) is 18.7 Å². The Bertz CT molecular complexity index is 279. The van der Waals surface area contributed by atoms with E-state index in [1.54, 1.807) is 0 Å². The number of hydrogen-bond acceptors (Lipinski definition) is 3. The van der Waals surface area contributed by atoms with Crippen LogP contribution in [0.1, 0.15) is 58.3 Å². The van der Waals surface area contributed by atoms with Crippen molar-refractivity contribution in [2.24, 2.45) is 5.92 Å². The highest BCUT2D eigenvalue weighted by Gasteiger charge is 2.39. The van der Waals surface area contributed by atoms with Gasteiger partial charge in [-0.25, -0.2) is 0 Å².